The van der Waals surface area contributed by atoms with E-state index in [-0.39, 0.29) is 12.1 Å². The van der Waals surface area contributed by atoms with Gasteiger partial charge in [-0.3, -0.25) is 15.4 Å². The number of amides is 2. The van der Waals surface area contributed by atoms with Crippen LogP contribution in [0.25, 0.3) is 22.2 Å². The Morgan fingerprint density at radius 3 is 2.76 bits per heavy atom. The van der Waals surface area contributed by atoms with Crippen LogP contribution in [0.3, 0.4) is 0 Å². The molecule has 1 aliphatic rings. The lowest BCUT2D eigenvalue weighted by atomic mass is 9.96. The van der Waals surface area contributed by atoms with E-state index in [1.54, 1.807) is 18.5 Å². The first-order valence-electron chi connectivity index (χ1n) is 8.61. The molecule has 1 aliphatic carbocycles. The summed E-state index contributed by atoms with van der Waals surface area (Å²) in [5, 5.41) is 12.6. The van der Waals surface area contributed by atoms with Crippen molar-refractivity contribution in [2.75, 3.05) is 5.32 Å². The van der Waals surface area contributed by atoms with Gasteiger partial charge in [-0.25, -0.2) is 9.78 Å². The largest absolute Gasteiger partial charge is 0.335 e. The molecule has 7 nitrogen and oxygen atoms in total. The molecule has 1 fully saturated rings. The Balaban J connectivity index is 1.50. The smallest absolute Gasteiger partial charge is 0.320 e. The second-order valence-corrected chi connectivity index (χ2v) is 6.38. The normalized spacial score (nSPS) is 15.2. The fraction of sp³-hybridized carbons (Fsp3) is 0.333. The summed E-state index contributed by atoms with van der Waals surface area (Å²) >= 11 is 0. The van der Waals surface area contributed by atoms with Crippen molar-refractivity contribution in [1.29, 1.82) is 0 Å². The van der Waals surface area contributed by atoms with Gasteiger partial charge in [0, 0.05) is 29.6 Å². The maximum absolute atomic E-state index is 12.2. The number of fused-ring (bicyclic) bond motifs is 1. The van der Waals surface area contributed by atoms with Gasteiger partial charge >= 0.3 is 6.03 Å². The number of rotatable bonds is 3. The Bertz CT molecular complexity index is 870. The first-order chi connectivity index (χ1) is 12.3. The third-order valence-electron chi connectivity index (χ3n) is 4.55. The van der Waals surface area contributed by atoms with E-state index in [0.29, 0.717) is 5.82 Å². The Kier molecular flexibility index (Phi) is 4.28. The van der Waals surface area contributed by atoms with E-state index in [2.05, 4.69) is 30.8 Å². The molecule has 3 heterocycles. The number of pyridine rings is 2. The molecule has 0 spiro atoms. The molecule has 3 aromatic rings. The van der Waals surface area contributed by atoms with Gasteiger partial charge in [-0.05, 0) is 31.0 Å². The van der Waals surface area contributed by atoms with Gasteiger partial charge < -0.3 is 5.32 Å². The SMILES string of the molecule is O=C(Nc1ccc2ncc(-c3cn[nH]c3)cc2n1)NC1CCCCC1. The van der Waals surface area contributed by atoms with Gasteiger partial charge in [0.15, 0.2) is 0 Å². The van der Waals surface area contributed by atoms with Crippen LogP contribution in [-0.4, -0.2) is 32.2 Å². The second-order valence-electron chi connectivity index (χ2n) is 6.38. The molecule has 4 rings (SSSR count). The molecule has 2 amide bonds. The highest BCUT2D eigenvalue weighted by atomic mass is 16.2. The molecular formula is C18H20N6O. The molecule has 0 aromatic carbocycles. The average molecular weight is 336 g/mol. The zero-order valence-corrected chi connectivity index (χ0v) is 13.8. The summed E-state index contributed by atoms with van der Waals surface area (Å²) in [6.07, 6.45) is 11.1. The van der Waals surface area contributed by atoms with Crippen molar-refractivity contribution in [3.63, 3.8) is 0 Å². The van der Waals surface area contributed by atoms with Crippen LogP contribution in [0, 0.1) is 0 Å². The number of hydrogen-bond donors (Lipinski definition) is 3. The third-order valence-corrected chi connectivity index (χ3v) is 4.55. The van der Waals surface area contributed by atoms with Crippen LogP contribution in [0.2, 0.25) is 0 Å². The van der Waals surface area contributed by atoms with E-state index in [4.69, 9.17) is 0 Å². The van der Waals surface area contributed by atoms with E-state index in [0.717, 1.165) is 35.0 Å². The molecule has 0 aliphatic heterocycles. The first-order valence-corrected chi connectivity index (χ1v) is 8.61. The molecular weight excluding hydrogens is 316 g/mol. The van der Waals surface area contributed by atoms with Crippen molar-refractivity contribution < 1.29 is 4.79 Å². The summed E-state index contributed by atoms with van der Waals surface area (Å²) in [6.45, 7) is 0. The van der Waals surface area contributed by atoms with Crippen molar-refractivity contribution >= 4 is 22.9 Å². The summed E-state index contributed by atoms with van der Waals surface area (Å²) in [5.41, 5.74) is 3.39. The minimum Gasteiger partial charge on any atom is -0.335 e. The highest BCUT2D eigenvalue weighted by molar-refractivity contribution is 5.90. The lowest BCUT2D eigenvalue weighted by molar-refractivity contribution is 0.244. The van der Waals surface area contributed by atoms with Crippen LogP contribution < -0.4 is 10.6 Å². The predicted molar refractivity (Wildman–Crippen MR) is 96.1 cm³/mol. The zero-order chi connectivity index (χ0) is 17.1. The predicted octanol–water partition coefficient (Wildman–Crippen LogP) is 3.47. The highest BCUT2D eigenvalue weighted by Crippen LogP contribution is 2.22. The number of aromatic nitrogens is 4. The van der Waals surface area contributed by atoms with Crippen LogP contribution in [0.1, 0.15) is 32.1 Å². The lowest BCUT2D eigenvalue weighted by Crippen LogP contribution is -2.39. The molecule has 0 saturated heterocycles. The van der Waals surface area contributed by atoms with E-state index in [1.807, 2.05) is 18.3 Å². The van der Waals surface area contributed by atoms with Gasteiger partial charge in [0.1, 0.15) is 5.82 Å². The number of urea groups is 1. The number of nitrogens with zero attached hydrogens (tertiary/aromatic N) is 3. The lowest BCUT2D eigenvalue weighted by Gasteiger charge is -2.22. The maximum atomic E-state index is 12.2. The minimum atomic E-state index is -0.197. The number of hydrogen-bond acceptors (Lipinski definition) is 4. The minimum absolute atomic E-state index is 0.197. The van der Waals surface area contributed by atoms with Crippen LogP contribution in [0.15, 0.2) is 36.8 Å². The van der Waals surface area contributed by atoms with Gasteiger partial charge in [0.05, 0.1) is 17.2 Å². The second kappa shape index (κ2) is 6.88. The molecule has 1 saturated carbocycles. The monoisotopic (exact) mass is 336 g/mol. The molecule has 128 valence electrons. The van der Waals surface area contributed by atoms with E-state index in [1.165, 1.54) is 19.3 Å². The molecule has 0 bridgehead atoms. The van der Waals surface area contributed by atoms with Crippen molar-refractivity contribution in [2.45, 2.75) is 38.1 Å². The zero-order valence-electron chi connectivity index (χ0n) is 13.8. The number of H-pyrrole nitrogens is 1. The number of carbonyl (C=O) groups is 1. The van der Waals surface area contributed by atoms with E-state index < -0.39 is 0 Å². The molecule has 3 aromatic heterocycles. The summed E-state index contributed by atoms with van der Waals surface area (Å²) in [6, 6.07) is 5.64. The summed E-state index contributed by atoms with van der Waals surface area (Å²) < 4.78 is 0. The van der Waals surface area contributed by atoms with E-state index in [9.17, 15) is 4.79 Å². The molecule has 7 heteroatoms. The van der Waals surface area contributed by atoms with Crippen LogP contribution in [-0.2, 0) is 0 Å². The first kappa shape index (κ1) is 15.6. The quantitative estimate of drug-likeness (QED) is 0.682. The number of nitrogens with one attached hydrogen (secondary N) is 3. The highest BCUT2D eigenvalue weighted by Gasteiger charge is 2.16. The molecule has 0 radical (unpaired) electrons. The van der Waals surface area contributed by atoms with Gasteiger partial charge in [-0.2, -0.15) is 5.10 Å². The van der Waals surface area contributed by atoms with Crippen molar-refractivity contribution in [1.82, 2.24) is 25.5 Å². The topological polar surface area (TPSA) is 95.6 Å². The Hall–Kier alpha value is -2.96. The van der Waals surface area contributed by atoms with Crippen molar-refractivity contribution in [3.05, 3.63) is 36.8 Å². The molecule has 0 unspecified atom stereocenters. The van der Waals surface area contributed by atoms with Crippen LogP contribution in [0.5, 0.6) is 0 Å². The Morgan fingerprint density at radius 1 is 1.08 bits per heavy atom. The molecule has 0 atom stereocenters. The number of aromatic amines is 1. The van der Waals surface area contributed by atoms with Crippen LogP contribution in [0.4, 0.5) is 10.6 Å². The fourth-order valence-electron chi connectivity index (χ4n) is 3.23. The third kappa shape index (κ3) is 3.60. The van der Waals surface area contributed by atoms with Crippen molar-refractivity contribution in [2.24, 2.45) is 0 Å². The van der Waals surface area contributed by atoms with Gasteiger partial charge in [0.25, 0.3) is 0 Å². The molecule has 25 heavy (non-hydrogen) atoms. The number of anilines is 1. The standard InChI is InChI=1S/C18H20N6O/c25-18(22-14-4-2-1-3-5-14)24-17-7-6-15-16(23-17)8-12(9-19-15)13-10-20-21-11-13/h6-11,14H,1-5H2,(H,20,21)(H2,22,23,24,25). The maximum Gasteiger partial charge on any atom is 0.320 e. The summed E-state index contributed by atoms with van der Waals surface area (Å²) in [5.74, 6) is 0.520. The van der Waals surface area contributed by atoms with Gasteiger partial charge in [0.2, 0.25) is 0 Å². The van der Waals surface area contributed by atoms with Crippen LogP contribution >= 0.6 is 0 Å². The van der Waals surface area contributed by atoms with E-state index >= 15 is 0 Å². The Morgan fingerprint density at radius 2 is 1.96 bits per heavy atom. The van der Waals surface area contributed by atoms with Gasteiger partial charge in [-0.1, -0.05) is 19.3 Å². The van der Waals surface area contributed by atoms with Crippen molar-refractivity contribution in [3.8, 4) is 11.1 Å². The fourth-order valence-corrected chi connectivity index (χ4v) is 3.23. The Labute approximate surface area is 145 Å². The summed E-state index contributed by atoms with van der Waals surface area (Å²) in [7, 11) is 0. The summed E-state index contributed by atoms with van der Waals surface area (Å²) in [4.78, 5) is 21.1. The average Bonchev–Trinajstić information content (AvgIpc) is 3.16. The van der Waals surface area contributed by atoms with Gasteiger partial charge in [-0.15, -0.1) is 0 Å². The molecule has 3 N–H and O–H groups in total. The number of carbonyl (C=O) groups excluding carboxylic acids is 1.